The Bertz CT molecular complexity index is 1260. The lowest BCUT2D eigenvalue weighted by atomic mass is 10.1. The average molecular weight is 477 g/mol. The first-order chi connectivity index (χ1) is 16.5. The lowest BCUT2D eigenvalue weighted by Crippen LogP contribution is -2.30. The maximum Gasteiger partial charge on any atom is 0.268 e. The number of thiophene rings is 1. The van der Waals surface area contributed by atoms with E-state index < -0.39 is 0 Å². The van der Waals surface area contributed by atoms with Gasteiger partial charge in [-0.2, -0.15) is 0 Å². The second-order valence-corrected chi connectivity index (χ2v) is 8.69. The van der Waals surface area contributed by atoms with Crippen molar-refractivity contribution in [3.05, 3.63) is 124 Å². The van der Waals surface area contributed by atoms with Gasteiger partial charge in [0, 0.05) is 12.2 Å². The first-order valence-corrected chi connectivity index (χ1v) is 11.6. The van der Waals surface area contributed by atoms with Crippen LogP contribution in [0.5, 0.6) is 0 Å². The molecule has 0 radical (unpaired) electrons. The molecule has 4 aromatic rings. The van der Waals surface area contributed by atoms with Gasteiger partial charge < -0.3 is 10.2 Å². The zero-order chi connectivity index (χ0) is 23.9. The van der Waals surface area contributed by atoms with Gasteiger partial charge >= 0.3 is 0 Å². The minimum Gasteiger partial charge on any atom is -0.352 e. The lowest BCUT2D eigenvalue weighted by molar-refractivity contribution is -0.120. The molecule has 0 saturated heterocycles. The Morgan fingerprint density at radius 2 is 1.53 bits per heavy atom. The first-order valence-electron chi connectivity index (χ1n) is 10.7. The van der Waals surface area contributed by atoms with Gasteiger partial charge in [0.25, 0.3) is 5.91 Å². The number of carbonyl (C=O) groups excluding carboxylic acids is 2. The Morgan fingerprint density at radius 3 is 2.21 bits per heavy atom. The molecule has 0 aliphatic heterocycles. The predicted octanol–water partition coefficient (Wildman–Crippen LogP) is 5.73. The van der Waals surface area contributed by atoms with E-state index in [1.165, 1.54) is 35.6 Å². The van der Waals surface area contributed by atoms with Crippen molar-refractivity contribution in [3.8, 4) is 0 Å². The van der Waals surface area contributed by atoms with Gasteiger partial charge in [0.05, 0.1) is 17.8 Å². The Balaban J connectivity index is 1.45. The summed E-state index contributed by atoms with van der Waals surface area (Å²) in [5, 5.41) is 4.65. The van der Waals surface area contributed by atoms with Gasteiger partial charge in [0.15, 0.2) is 0 Å². The Labute approximate surface area is 200 Å². The molecular weight excluding hydrogens is 454 g/mol. The first kappa shape index (κ1) is 23.3. The number of hydrogen-bond acceptors (Lipinski definition) is 3. The van der Waals surface area contributed by atoms with E-state index in [1.807, 2.05) is 11.4 Å². The van der Waals surface area contributed by atoms with E-state index in [4.69, 9.17) is 0 Å². The van der Waals surface area contributed by atoms with E-state index in [2.05, 4.69) is 5.32 Å². The van der Waals surface area contributed by atoms with Crippen LogP contribution in [0.2, 0.25) is 0 Å². The normalized spacial score (nSPS) is 10.6. The topological polar surface area (TPSA) is 49.4 Å². The maximum absolute atomic E-state index is 13.7. The minimum absolute atomic E-state index is 0.164. The molecule has 0 saturated carbocycles. The van der Waals surface area contributed by atoms with Crippen LogP contribution in [-0.2, 0) is 24.3 Å². The highest BCUT2D eigenvalue weighted by molar-refractivity contribution is 7.12. The third-order valence-electron chi connectivity index (χ3n) is 5.22. The van der Waals surface area contributed by atoms with Gasteiger partial charge in [-0.3, -0.25) is 9.59 Å². The quantitative estimate of drug-likeness (QED) is 0.353. The number of carbonyl (C=O) groups is 2. The van der Waals surface area contributed by atoms with E-state index in [1.54, 1.807) is 59.5 Å². The van der Waals surface area contributed by atoms with Crippen molar-refractivity contribution in [3.63, 3.8) is 0 Å². The fraction of sp³-hybridized carbons (Fsp3) is 0.111. The zero-order valence-corrected chi connectivity index (χ0v) is 19.0. The number of nitrogens with one attached hydrogen (secondary N) is 1. The Kier molecular flexibility index (Phi) is 7.44. The number of amides is 2. The number of anilines is 1. The summed E-state index contributed by atoms with van der Waals surface area (Å²) in [6, 6.07) is 22.9. The fourth-order valence-corrected chi connectivity index (χ4v) is 4.15. The molecule has 3 aromatic carbocycles. The fourth-order valence-electron chi connectivity index (χ4n) is 3.48. The van der Waals surface area contributed by atoms with Gasteiger partial charge in [0.1, 0.15) is 11.6 Å². The zero-order valence-electron chi connectivity index (χ0n) is 18.2. The number of rotatable bonds is 8. The molecule has 0 bridgehead atoms. The van der Waals surface area contributed by atoms with Crippen LogP contribution in [0.4, 0.5) is 14.5 Å². The van der Waals surface area contributed by atoms with Crippen molar-refractivity contribution in [2.24, 2.45) is 0 Å². The van der Waals surface area contributed by atoms with Crippen molar-refractivity contribution in [1.82, 2.24) is 5.32 Å². The van der Waals surface area contributed by atoms with E-state index in [0.717, 1.165) is 11.1 Å². The van der Waals surface area contributed by atoms with Gasteiger partial charge in [-0.25, -0.2) is 8.78 Å². The molecule has 34 heavy (non-hydrogen) atoms. The van der Waals surface area contributed by atoms with Gasteiger partial charge in [-0.1, -0.05) is 42.5 Å². The molecule has 7 heteroatoms. The van der Waals surface area contributed by atoms with Crippen LogP contribution in [-0.4, -0.2) is 11.8 Å². The molecule has 0 spiro atoms. The summed E-state index contributed by atoms with van der Waals surface area (Å²) in [6.07, 6.45) is 0.171. The van der Waals surface area contributed by atoms with Crippen LogP contribution in [0, 0.1) is 11.6 Å². The molecule has 4 nitrogen and oxygen atoms in total. The predicted molar refractivity (Wildman–Crippen MR) is 130 cm³/mol. The van der Waals surface area contributed by atoms with E-state index in [9.17, 15) is 18.4 Å². The van der Waals surface area contributed by atoms with Gasteiger partial charge in [-0.15, -0.1) is 11.3 Å². The highest BCUT2D eigenvalue weighted by atomic mass is 32.1. The molecule has 2 amide bonds. The van der Waals surface area contributed by atoms with E-state index >= 15 is 0 Å². The second-order valence-electron chi connectivity index (χ2n) is 7.74. The summed E-state index contributed by atoms with van der Waals surface area (Å²) in [5.41, 5.74) is 2.92. The molecule has 1 aromatic heterocycles. The monoisotopic (exact) mass is 476 g/mol. The van der Waals surface area contributed by atoms with Crippen LogP contribution >= 0.6 is 11.3 Å². The SMILES string of the molecule is O=C(Cc1ccc(N(Cc2cccc(F)c2)C(=O)c2cccs2)cc1)NCc1ccc(F)cc1. The summed E-state index contributed by atoms with van der Waals surface area (Å²) in [5.74, 6) is -1.02. The van der Waals surface area contributed by atoms with Crippen molar-refractivity contribution < 1.29 is 18.4 Å². The molecule has 0 fully saturated rings. The molecule has 0 atom stereocenters. The third kappa shape index (κ3) is 6.14. The third-order valence-corrected chi connectivity index (χ3v) is 6.08. The molecule has 172 valence electrons. The average Bonchev–Trinajstić information content (AvgIpc) is 3.38. The lowest BCUT2D eigenvalue weighted by Gasteiger charge is -2.23. The van der Waals surface area contributed by atoms with Crippen molar-refractivity contribution in [2.45, 2.75) is 19.5 Å². The summed E-state index contributed by atoms with van der Waals surface area (Å²) in [6.45, 7) is 0.528. The van der Waals surface area contributed by atoms with E-state index in [0.29, 0.717) is 22.7 Å². The van der Waals surface area contributed by atoms with Crippen molar-refractivity contribution >= 4 is 28.8 Å². The second kappa shape index (κ2) is 10.9. The van der Waals surface area contributed by atoms with Crippen LogP contribution in [0.3, 0.4) is 0 Å². The van der Waals surface area contributed by atoms with E-state index in [-0.39, 0.29) is 36.4 Å². The summed E-state index contributed by atoms with van der Waals surface area (Å²) in [7, 11) is 0. The standard InChI is InChI=1S/C27H22F2N2O2S/c28-22-10-6-20(7-11-22)17-30-26(32)16-19-8-12-24(13-9-19)31(27(33)25-5-2-14-34-25)18-21-3-1-4-23(29)15-21/h1-15H,16-18H2,(H,30,32). The van der Waals surface area contributed by atoms with Gasteiger partial charge in [0.2, 0.25) is 5.91 Å². The Hall–Kier alpha value is -3.84. The molecule has 4 rings (SSSR count). The molecule has 0 aliphatic carbocycles. The minimum atomic E-state index is -0.358. The number of hydrogen-bond donors (Lipinski definition) is 1. The van der Waals surface area contributed by atoms with Crippen LogP contribution in [0.15, 0.2) is 90.3 Å². The molecule has 0 unspecified atom stereocenters. The van der Waals surface area contributed by atoms with Crippen LogP contribution in [0.25, 0.3) is 0 Å². The smallest absolute Gasteiger partial charge is 0.268 e. The Morgan fingerprint density at radius 1 is 0.794 bits per heavy atom. The molecule has 1 N–H and O–H groups in total. The highest BCUT2D eigenvalue weighted by Gasteiger charge is 2.19. The largest absolute Gasteiger partial charge is 0.352 e. The summed E-state index contributed by atoms with van der Waals surface area (Å²) >= 11 is 1.34. The highest BCUT2D eigenvalue weighted by Crippen LogP contribution is 2.23. The number of benzene rings is 3. The van der Waals surface area contributed by atoms with Gasteiger partial charge in [-0.05, 0) is 64.5 Å². The van der Waals surface area contributed by atoms with Crippen molar-refractivity contribution in [1.29, 1.82) is 0 Å². The number of halogens is 2. The van der Waals surface area contributed by atoms with Crippen LogP contribution in [0.1, 0.15) is 26.4 Å². The summed E-state index contributed by atoms with van der Waals surface area (Å²) < 4.78 is 26.7. The molecule has 0 aliphatic rings. The number of nitrogens with zero attached hydrogens (tertiary/aromatic N) is 1. The van der Waals surface area contributed by atoms with Crippen molar-refractivity contribution in [2.75, 3.05) is 4.90 Å². The summed E-state index contributed by atoms with van der Waals surface area (Å²) in [4.78, 5) is 27.7. The van der Waals surface area contributed by atoms with Crippen LogP contribution < -0.4 is 10.2 Å². The molecule has 1 heterocycles. The molecular formula is C27H22F2N2O2S. The maximum atomic E-state index is 13.7.